The lowest BCUT2D eigenvalue weighted by atomic mass is 9.90. The summed E-state index contributed by atoms with van der Waals surface area (Å²) in [7, 11) is 0. The summed E-state index contributed by atoms with van der Waals surface area (Å²) < 4.78 is 5.74. The van der Waals surface area contributed by atoms with Gasteiger partial charge in [-0.3, -0.25) is 9.59 Å². The molecule has 7 heteroatoms. The van der Waals surface area contributed by atoms with E-state index in [1.54, 1.807) is 12.1 Å². The Kier molecular flexibility index (Phi) is 6.51. The van der Waals surface area contributed by atoms with Crippen molar-refractivity contribution < 1.29 is 19.4 Å². The third-order valence-electron chi connectivity index (χ3n) is 5.74. The Morgan fingerprint density at radius 3 is 2.12 bits per heavy atom. The van der Waals surface area contributed by atoms with E-state index in [-0.39, 0.29) is 17.5 Å². The van der Waals surface area contributed by atoms with Gasteiger partial charge >= 0.3 is 11.9 Å². The van der Waals surface area contributed by atoms with Crippen molar-refractivity contribution in [2.45, 2.75) is 24.3 Å². The van der Waals surface area contributed by atoms with E-state index in [4.69, 9.17) is 33.7 Å². The van der Waals surface area contributed by atoms with Gasteiger partial charge in [-0.2, -0.15) is 0 Å². The number of rotatable bonds is 7. The molecule has 164 valence electrons. The SMILES string of the molecule is N[C@H](CC(=O)O)[C@@H](C(=O)OCC1c2ccccc2-c2ccccc21)c1ccc(Cl)cc1Cl. The monoisotopic (exact) mass is 469 g/mol. The second-order valence-corrected chi connectivity index (χ2v) is 8.61. The van der Waals surface area contributed by atoms with Crippen molar-refractivity contribution in [3.8, 4) is 11.1 Å². The van der Waals surface area contributed by atoms with Crippen LogP contribution in [-0.2, 0) is 14.3 Å². The molecule has 3 aromatic carbocycles. The summed E-state index contributed by atoms with van der Waals surface area (Å²) >= 11 is 12.3. The van der Waals surface area contributed by atoms with Crippen LogP contribution in [0.5, 0.6) is 0 Å². The molecule has 0 amide bonds. The van der Waals surface area contributed by atoms with E-state index in [1.165, 1.54) is 6.07 Å². The Labute approximate surface area is 195 Å². The number of hydrogen-bond acceptors (Lipinski definition) is 4. The van der Waals surface area contributed by atoms with Crippen LogP contribution in [0.3, 0.4) is 0 Å². The molecule has 4 rings (SSSR count). The van der Waals surface area contributed by atoms with Crippen LogP contribution < -0.4 is 5.73 Å². The lowest BCUT2D eigenvalue weighted by molar-refractivity contribution is -0.146. The summed E-state index contributed by atoms with van der Waals surface area (Å²) in [4.78, 5) is 24.5. The van der Waals surface area contributed by atoms with Gasteiger partial charge in [0.15, 0.2) is 0 Å². The molecule has 3 N–H and O–H groups in total. The molecule has 0 radical (unpaired) electrons. The first kappa shape index (κ1) is 22.3. The minimum atomic E-state index is -1.11. The van der Waals surface area contributed by atoms with Crippen LogP contribution >= 0.6 is 23.2 Å². The Balaban J connectivity index is 1.61. The molecule has 0 fully saturated rings. The van der Waals surface area contributed by atoms with Crippen LogP contribution in [0.15, 0.2) is 66.7 Å². The molecule has 0 aliphatic heterocycles. The molecular formula is C25H21Cl2NO4. The smallest absolute Gasteiger partial charge is 0.315 e. The van der Waals surface area contributed by atoms with Gasteiger partial charge in [-0.25, -0.2) is 0 Å². The van der Waals surface area contributed by atoms with E-state index < -0.39 is 30.3 Å². The van der Waals surface area contributed by atoms with Crippen LogP contribution in [0, 0.1) is 0 Å². The first-order valence-corrected chi connectivity index (χ1v) is 10.9. The zero-order valence-electron chi connectivity index (χ0n) is 17.0. The van der Waals surface area contributed by atoms with Crippen molar-refractivity contribution in [1.82, 2.24) is 0 Å². The number of halogens is 2. The molecule has 0 spiro atoms. The highest BCUT2D eigenvalue weighted by Crippen LogP contribution is 2.44. The second kappa shape index (κ2) is 9.33. The average molecular weight is 470 g/mol. The lowest BCUT2D eigenvalue weighted by Gasteiger charge is -2.24. The number of aliphatic carboxylic acids is 1. The number of benzene rings is 3. The average Bonchev–Trinajstić information content (AvgIpc) is 3.07. The number of carbonyl (C=O) groups is 2. The Hall–Kier alpha value is -2.86. The molecule has 0 saturated heterocycles. The number of carboxylic acids is 1. The summed E-state index contributed by atoms with van der Waals surface area (Å²) in [6.07, 6.45) is -0.409. The van der Waals surface area contributed by atoms with Crippen molar-refractivity contribution in [2.75, 3.05) is 6.61 Å². The fraction of sp³-hybridized carbons (Fsp3) is 0.200. The van der Waals surface area contributed by atoms with Gasteiger partial charge in [0, 0.05) is 22.0 Å². The minimum Gasteiger partial charge on any atom is -0.481 e. The zero-order chi connectivity index (χ0) is 22.8. The number of esters is 1. The molecule has 32 heavy (non-hydrogen) atoms. The van der Waals surface area contributed by atoms with Crippen LogP contribution in [0.2, 0.25) is 10.0 Å². The first-order chi connectivity index (χ1) is 15.4. The molecule has 0 saturated carbocycles. The van der Waals surface area contributed by atoms with E-state index in [1.807, 2.05) is 36.4 Å². The van der Waals surface area contributed by atoms with Gasteiger partial charge in [0.25, 0.3) is 0 Å². The van der Waals surface area contributed by atoms with Crippen molar-refractivity contribution in [2.24, 2.45) is 5.73 Å². The van der Waals surface area contributed by atoms with E-state index >= 15 is 0 Å². The standard InChI is InChI=1S/C25H21Cl2NO4/c26-14-9-10-19(21(27)11-14)24(22(28)12-23(29)30)25(31)32-13-20-17-7-3-1-5-15(17)16-6-2-4-8-18(16)20/h1-11,20,22,24H,12-13,28H2,(H,29,30)/t22-,24+/m1/s1. The molecular weight excluding hydrogens is 449 g/mol. The highest BCUT2D eigenvalue weighted by molar-refractivity contribution is 6.35. The number of nitrogens with two attached hydrogens (primary N) is 1. The minimum absolute atomic E-state index is 0.106. The molecule has 1 aliphatic rings. The Bertz CT molecular complexity index is 1130. The van der Waals surface area contributed by atoms with Gasteiger partial charge < -0.3 is 15.6 Å². The highest BCUT2D eigenvalue weighted by Gasteiger charge is 2.34. The molecule has 5 nitrogen and oxygen atoms in total. The van der Waals surface area contributed by atoms with E-state index in [0.29, 0.717) is 10.6 Å². The maximum atomic E-state index is 13.2. The maximum absolute atomic E-state index is 13.2. The maximum Gasteiger partial charge on any atom is 0.315 e. The van der Waals surface area contributed by atoms with Crippen molar-refractivity contribution in [3.63, 3.8) is 0 Å². The summed E-state index contributed by atoms with van der Waals surface area (Å²) in [5, 5.41) is 9.84. The van der Waals surface area contributed by atoms with Gasteiger partial charge in [0.2, 0.25) is 0 Å². The largest absolute Gasteiger partial charge is 0.481 e. The predicted octanol–water partition coefficient (Wildman–Crippen LogP) is 5.23. The van der Waals surface area contributed by atoms with E-state index in [0.717, 1.165) is 22.3 Å². The molecule has 2 atom stereocenters. The van der Waals surface area contributed by atoms with Gasteiger partial charge in [-0.1, -0.05) is 77.8 Å². The zero-order valence-corrected chi connectivity index (χ0v) is 18.5. The molecule has 0 bridgehead atoms. The number of hydrogen-bond donors (Lipinski definition) is 2. The van der Waals surface area contributed by atoms with Crippen LogP contribution in [0.25, 0.3) is 11.1 Å². The third kappa shape index (κ3) is 4.37. The number of carboxylic acid groups (broad SMARTS) is 1. The van der Waals surface area contributed by atoms with E-state index in [2.05, 4.69) is 12.1 Å². The van der Waals surface area contributed by atoms with Crippen LogP contribution in [-0.4, -0.2) is 29.7 Å². The number of ether oxygens (including phenoxy) is 1. The summed E-state index contributed by atoms with van der Waals surface area (Å²) in [6, 6.07) is 19.7. The second-order valence-electron chi connectivity index (χ2n) is 7.76. The Morgan fingerprint density at radius 1 is 0.969 bits per heavy atom. The molecule has 3 aromatic rings. The molecule has 1 aliphatic carbocycles. The Morgan fingerprint density at radius 2 is 1.56 bits per heavy atom. The van der Waals surface area contributed by atoms with Gasteiger partial charge in [-0.05, 0) is 39.9 Å². The first-order valence-electron chi connectivity index (χ1n) is 10.1. The molecule has 0 aromatic heterocycles. The predicted molar refractivity (Wildman–Crippen MR) is 124 cm³/mol. The topological polar surface area (TPSA) is 89.6 Å². The fourth-order valence-corrected chi connectivity index (χ4v) is 4.83. The third-order valence-corrected chi connectivity index (χ3v) is 6.31. The highest BCUT2D eigenvalue weighted by atomic mass is 35.5. The van der Waals surface area contributed by atoms with Gasteiger partial charge in [0.05, 0.1) is 12.3 Å². The lowest BCUT2D eigenvalue weighted by Crippen LogP contribution is -2.37. The summed E-state index contributed by atoms with van der Waals surface area (Å²) in [5.74, 6) is -2.89. The summed E-state index contributed by atoms with van der Waals surface area (Å²) in [5.41, 5.74) is 10.9. The quantitative estimate of drug-likeness (QED) is 0.462. The van der Waals surface area contributed by atoms with Crippen LogP contribution in [0.1, 0.15) is 34.9 Å². The fourth-order valence-electron chi connectivity index (χ4n) is 4.30. The van der Waals surface area contributed by atoms with Crippen molar-refractivity contribution in [1.29, 1.82) is 0 Å². The van der Waals surface area contributed by atoms with Crippen LogP contribution in [0.4, 0.5) is 0 Å². The van der Waals surface area contributed by atoms with Gasteiger partial charge in [-0.15, -0.1) is 0 Å². The number of fused-ring (bicyclic) bond motifs is 3. The van der Waals surface area contributed by atoms with Crippen molar-refractivity contribution >= 4 is 35.1 Å². The van der Waals surface area contributed by atoms with E-state index in [9.17, 15) is 14.7 Å². The summed E-state index contributed by atoms with van der Waals surface area (Å²) in [6.45, 7) is 0.106. The molecule has 0 heterocycles. The molecule has 0 unspecified atom stereocenters. The van der Waals surface area contributed by atoms with Crippen molar-refractivity contribution in [3.05, 3.63) is 93.5 Å². The van der Waals surface area contributed by atoms with Gasteiger partial charge in [0.1, 0.15) is 6.61 Å². The normalized spacial score (nSPS) is 14.3. The number of carbonyl (C=O) groups excluding carboxylic acids is 1.